The number of amides is 1. The molecule has 3 rings (SSSR count). The third-order valence-corrected chi connectivity index (χ3v) is 5.07. The zero-order chi connectivity index (χ0) is 18.0. The van der Waals surface area contributed by atoms with Crippen LogP contribution in [0.1, 0.15) is 31.2 Å². The molecular weight excluding hydrogens is 326 g/mol. The van der Waals surface area contributed by atoms with Gasteiger partial charge in [-0.25, -0.2) is 5.43 Å². The van der Waals surface area contributed by atoms with Gasteiger partial charge >= 0.3 is 0 Å². The van der Waals surface area contributed by atoms with Gasteiger partial charge in [0.25, 0.3) is 5.69 Å². The highest BCUT2D eigenvalue weighted by atomic mass is 16.6. The number of nitro groups is 1. The molecule has 8 heteroatoms. The third kappa shape index (κ3) is 3.42. The van der Waals surface area contributed by atoms with E-state index in [9.17, 15) is 14.9 Å². The predicted octanol–water partition coefficient (Wildman–Crippen LogP) is 2.50. The van der Waals surface area contributed by atoms with Gasteiger partial charge in [0.15, 0.2) is 11.5 Å². The first kappa shape index (κ1) is 17.2. The van der Waals surface area contributed by atoms with Gasteiger partial charge in [-0.3, -0.25) is 14.9 Å². The molecule has 1 N–H and O–H groups in total. The fraction of sp³-hybridized carbons (Fsp3) is 0.529. The number of hydrazone groups is 1. The molecule has 0 unspecified atom stereocenters. The van der Waals surface area contributed by atoms with E-state index in [2.05, 4.69) is 10.5 Å². The molecule has 1 aromatic carbocycles. The maximum Gasteiger partial charge on any atom is 0.282 e. The molecule has 1 amide bonds. The molecule has 2 saturated carbocycles. The molecule has 2 aliphatic rings. The quantitative estimate of drug-likeness (QED) is 0.484. The summed E-state index contributed by atoms with van der Waals surface area (Å²) in [7, 11) is 2.85. The predicted molar refractivity (Wildman–Crippen MR) is 90.9 cm³/mol. The van der Waals surface area contributed by atoms with Crippen molar-refractivity contribution in [2.24, 2.45) is 22.9 Å². The third-order valence-electron chi connectivity index (χ3n) is 5.07. The molecule has 0 heterocycles. The molecule has 8 nitrogen and oxygen atoms in total. The number of rotatable bonds is 6. The molecular formula is C17H21N3O5. The van der Waals surface area contributed by atoms with E-state index in [1.54, 1.807) is 0 Å². The van der Waals surface area contributed by atoms with Crippen LogP contribution in [0.5, 0.6) is 11.5 Å². The zero-order valence-corrected chi connectivity index (χ0v) is 14.2. The molecule has 2 atom stereocenters. The van der Waals surface area contributed by atoms with E-state index in [0.717, 1.165) is 12.8 Å². The van der Waals surface area contributed by atoms with Gasteiger partial charge in [0.1, 0.15) is 0 Å². The normalized spacial score (nSPS) is 24.5. The van der Waals surface area contributed by atoms with Crippen LogP contribution in [0.2, 0.25) is 0 Å². The van der Waals surface area contributed by atoms with Crippen LogP contribution in [-0.2, 0) is 4.79 Å². The Bertz CT molecular complexity index is 706. The van der Waals surface area contributed by atoms with E-state index in [-0.39, 0.29) is 28.8 Å². The average Bonchev–Trinajstić information content (AvgIpc) is 3.35. The molecule has 0 radical (unpaired) electrons. The number of methoxy groups -OCH3 is 2. The summed E-state index contributed by atoms with van der Waals surface area (Å²) in [5.41, 5.74) is 2.58. The number of carbonyl (C=O) groups excluding carboxylic acids is 1. The average molecular weight is 347 g/mol. The second kappa shape index (κ2) is 7.08. The Hall–Kier alpha value is -2.64. The number of fused-ring (bicyclic) bond motifs is 1. The number of nitro benzene ring substituents is 1. The number of carbonyl (C=O) groups is 1. The van der Waals surface area contributed by atoms with Gasteiger partial charge in [0, 0.05) is 5.92 Å². The number of nitrogens with zero attached hydrogens (tertiary/aromatic N) is 2. The standard InChI is InChI=1S/C17H21N3O5/c1-24-14-7-10(13(20(22)23)8-15(14)25-2)9-18-19-17(21)16-11-5-3-4-6-12(11)16/h7-9,11-12,16H,3-6H2,1-2H3,(H,19,21)/t11-,12-/m0/s1. The fourth-order valence-corrected chi connectivity index (χ4v) is 3.77. The summed E-state index contributed by atoms with van der Waals surface area (Å²) in [6.45, 7) is 0. The summed E-state index contributed by atoms with van der Waals surface area (Å²) >= 11 is 0. The van der Waals surface area contributed by atoms with Gasteiger partial charge in [-0.05, 0) is 30.7 Å². The number of benzene rings is 1. The molecule has 2 fully saturated rings. The van der Waals surface area contributed by atoms with Crippen molar-refractivity contribution in [1.82, 2.24) is 5.43 Å². The Morgan fingerprint density at radius 1 is 1.24 bits per heavy atom. The highest BCUT2D eigenvalue weighted by Gasteiger charge is 2.54. The SMILES string of the molecule is COc1cc(C=NNC(=O)C2[C@H]3CCCC[C@H]23)c([N+](=O)[O-])cc1OC. The minimum atomic E-state index is -0.527. The van der Waals surface area contributed by atoms with E-state index < -0.39 is 4.92 Å². The zero-order valence-electron chi connectivity index (χ0n) is 14.2. The van der Waals surface area contributed by atoms with Gasteiger partial charge in [-0.2, -0.15) is 5.10 Å². The summed E-state index contributed by atoms with van der Waals surface area (Å²) in [4.78, 5) is 22.9. The van der Waals surface area contributed by atoms with Crippen LogP contribution in [0.4, 0.5) is 5.69 Å². The summed E-state index contributed by atoms with van der Waals surface area (Å²) < 4.78 is 10.2. The van der Waals surface area contributed by atoms with Crippen LogP contribution >= 0.6 is 0 Å². The Labute approximate surface area is 145 Å². The van der Waals surface area contributed by atoms with Crippen LogP contribution < -0.4 is 14.9 Å². The van der Waals surface area contributed by atoms with Gasteiger partial charge < -0.3 is 9.47 Å². The molecule has 2 aliphatic carbocycles. The van der Waals surface area contributed by atoms with Crippen LogP contribution in [0, 0.1) is 27.9 Å². The Morgan fingerprint density at radius 2 is 1.84 bits per heavy atom. The highest BCUT2D eigenvalue weighted by molar-refractivity contribution is 5.89. The van der Waals surface area contributed by atoms with Gasteiger partial charge in [0.2, 0.25) is 5.91 Å². The lowest BCUT2D eigenvalue weighted by molar-refractivity contribution is -0.385. The van der Waals surface area contributed by atoms with Crippen LogP contribution in [-0.4, -0.2) is 31.3 Å². The van der Waals surface area contributed by atoms with Crippen molar-refractivity contribution in [1.29, 1.82) is 0 Å². The molecule has 0 aromatic heterocycles. The number of hydrogen-bond donors (Lipinski definition) is 1. The monoisotopic (exact) mass is 347 g/mol. The number of nitrogens with one attached hydrogen (secondary N) is 1. The van der Waals surface area contributed by atoms with Gasteiger partial charge in [0.05, 0.1) is 37.0 Å². The van der Waals surface area contributed by atoms with Crippen LogP contribution in [0.25, 0.3) is 0 Å². The second-order valence-corrected chi connectivity index (χ2v) is 6.40. The van der Waals surface area contributed by atoms with Crippen molar-refractivity contribution >= 4 is 17.8 Å². The van der Waals surface area contributed by atoms with Crippen molar-refractivity contribution in [3.63, 3.8) is 0 Å². The minimum absolute atomic E-state index is 0.0417. The fourth-order valence-electron chi connectivity index (χ4n) is 3.77. The number of ether oxygens (including phenoxy) is 2. The Balaban J connectivity index is 1.72. The first-order valence-corrected chi connectivity index (χ1v) is 8.30. The molecule has 0 saturated heterocycles. The second-order valence-electron chi connectivity index (χ2n) is 6.40. The summed E-state index contributed by atoms with van der Waals surface area (Å²) in [5, 5.41) is 15.1. The summed E-state index contributed by atoms with van der Waals surface area (Å²) in [5.74, 6) is 1.53. The first-order valence-electron chi connectivity index (χ1n) is 8.30. The van der Waals surface area contributed by atoms with E-state index >= 15 is 0 Å². The first-order chi connectivity index (χ1) is 12.1. The Kier molecular flexibility index (Phi) is 4.87. The van der Waals surface area contributed by atoms with Crippen molar-refractivity contribution in [3.8, 4) is 11.5 Å². The molecule has 0 bridgehead atoms. The van der Waals surface area contributed by atoms with Crippen molar-refractivity contribution < 1.29 is 19.2 Å². The maximum absolute atomic E-state index is 12.2. The molecule has 1 aromatic rings. The van der Waals surface area contributed by atoms with Gasteiger partial charge in [-0.1, -0.05) is 12.8 Å². The van der Waals surface area contributed by atoms with E-state index in [4.69, 9.17) is 9.47 Å². The summed E-state index contributed by atoms with van der Waals surface area (Å²) in [6, 6.07) is 2.74. The van der Waals surface area contributed by atoms with E-state index in [1.807, 2.05) is 0 Å². The lowest BCUT2D eigenvalue weighted by Crippen LogP contribution is -2.21. The molecule has 0 spiro atoms. The van der Waals surface area contributed by atoms with E-state index in [1.165, 1.54) is 45.4 Å². The van der Waals surface area contributed by atoms with Gasteiger partial charge in [-0.15, -0.1) is 0 Å². The topological polar surface area (TPSA) is 103 Å². The lowest BCUT2D eigenvalue weighted by Gasteiger charge is -2.08. The molecule has 0 aliphatic heterocycles. The Morgan fingerprint density at radius 3 is 2.40 bits per heavy atom. The van der Waals surface area contributed by atoms with Crippen molar-refractivity contribution in [2.75, 3.05) is 14.2 Å². The summed E-state index contributed by atoms with van der Waals surface area (Å²) in [6.07, 6.45) is 5.85. The van der Waals surface area contributed by atoms with Crippen LogP contribution in [0.3, 0.4) is 0 Å². The van der Waals surface area contributed by atoms with Crippen molar-refractivity contribution in [3.05, 3.63) is 27.8 Å². The maximum atomic E-state index is 12.2. The smallest absolute Gasteiger partial charge is 0.282 e. The largest absolute Gasteiger partial charge is 0.493 e. The molecule has 134 valence electrons. The van der Waals surface area contributed by atoms with Crippen LogP contribution in [0.15, 0.2) is 17.2 Å². The highest BCUT2D eigenvalue weighted by Crippen LogP contribution is 2.55. The number of hydrogen-bond acceptors (Lipinski definition) is 6. The van der Waals surface area contributed by atoms with E-state index in [0.29, 0.717) is 17.6 Å². The minimum Gasteiger partial charge on any atom is -0.493 e. The lowest BCUT2D eigenvalue weighted by atomic mass is 10.0. The van der Waals surface area contributed by atoms with Crippen molar-refractivity contribution in [2.45, 2.75) is 25.7 Å². The molecule has 25 heavy (non-hydrogen) atoms.